The van der Waals surface area contributed by atoms with E-state index in [1.807, 2.05) is 0 Å². The highest BCUT2D eigenvalue weighted by Crippen LogP contribution is 2.15. The second-order valence-electron chi connectivity index (χ2n) is 18.1. The number of carbonyl (C=O) groups excluding carboxylic acids is 3. The molecule has 6 heteroatoms. The summed E-state index contributed by atoms with van der Waals surface area (Å²) in [4.78, 5) is 38.0. The van der Waals surface area contributed by atoms with E-state index in [0.717, 1.165) is 70.6 Å². The van der Waals surface area contributed by atoms with Gasteiger partial charge >= 0.3 is 17.9 Å². The van der Waals surface area contributed by atoms with E-state index in [9.17, 15) is 14.4 Å². The summed E-state index contributed by atoms with van der Waals surface area (Å²) in [6, 6.07) is 0. The van der Waals surface area contributed by atoms with Crippen molar-refractivity contribution in [2.75, 3.05) is 13.2 Å². The minimum atomic E-state index is -0.774. The van der Waals surface area contributed by atoms with Crippen molar-refractivity contribution in [3.8, 4) is 0 Å². The Morgan fingerprint density at radius 1 is 0.311 bits per heavy atom. The van der Waals surface area contributed by atoms with Gasteiger partial charge in [-0.3, -0.25) is 14.4 Å². The summed E-state index contributed by atoms with van der Waals surface area (Å²) in [6.45, 7) is 6.64. The highest BCUT2D eigenvalue weighted by atomic mass is 16.6. The zero-order valence-corrected chi connectivity index (χ0v) is 40.9. The quantitative estimate of drug-likeness (QED) is 0.0262. The molecule has 61 heavy (non-hydrogen) atoms. The fourth-order valence-electron chi connectivity index (χ4n) is 7.84. The number of allylic oxidation sites excluding steroid dienone is 4. The molecular formula is C55H102O6. The van der Waals surface area contributed by atoms with Crippen LogP contribution in [-0.2, 0) is 28.6 Å². The molecular weight excluding hydrogens is 757 g/mol. The number of rotatable bonds is 49. The van der Waals surface area contributed by atoms with Gasteiger partial charge in [-0.2, -0.15) is 0 Å². The van der Waals surface area contributed by atoms with Gasteiger partial charge in [0.1, 0.15) is 13.2 Å². The maximum atomic E-state index is 12.8. The Morgan fingerprint density at radius 2 is 0.541 bits per heavy atom. The first-order valence-electron chi connectivity index (χ1n) is 26.8. The van der Waals surface area contributed by atoms with E-state index >= 15 is 0 Å². The summed E-state index contributed by atoms with van der Waals surface area (Å²) < 4.78 is 16.8. The SMILES string of the molecule is CCCCCCCCC/C=C\CCCCCCCC(=O)OCC(COC(=O)CCCCCCCCCCCCC)OC(=O)CCCCCCC/C=C\CCCCCCCCC. The molecule has 0 aliphatic carbocycles. The Bertz CT molecular complexity index is 989. The predicted molar refractivity (Wildman–Crippen MR) is 261 cm³/mol. The Hall–Kier alpha value is -2.11. The summed E-state index contributed by atoms with van der Waals surface area (Å²) in [5.41, 5.74) is 0. The van der Waals surface area contributed by atoms with E-state index in [1.54, 1.807) is 0 Å². The van der Waals surface area contributed by atoms with Gasteiger partial charge in [-0.25, -0.2) is 0 Å². The highest BCUT2D eigenvalue weighted by Gasteiger charge is 2.19. The zero-order chi connectivity index (χ0) is 44.4. The van der Waals surface area contributed by atoms with Gasteiger partial charge in [0.15, 0.2) is 6.10 Å². The lowest BCUT2D eigenvalue weighted by atomic mass is 10.1. The van der Waals surface area contributed by atoms with Gasteiger partial charge in [-0.1, -0.05) is 225 Å². The van der Waals surface area contributed by atoms with E-state index in [4.69, 9.17) is 14.2 Å². The molecule has 0 aliphatic rings. The minimum absolute atomic E-state index is 0.0736. The predicted octanol–water partition coefficient (Wildman–Crippen LogP) is 17.5. The molecule has 0 aromatic rings. The maximum Gasteiger partial charge on any atom is 0.306 e. The van der Waals surface area contributed by atoms with Crippen LogP contribution >= 0.6 is 0 Å². The van der Waals surface area contributed by atoms with Crippen LogP contribution in [0.1, 0.15) is 290 Å². The third-order valence-corrected chi connectivity index (χ3v) is 11.9. The van der Waals surface area contributed by atoms with Crippen molar-refractivity contribution in [2.45, 2.75) is 297 Å². The van der Waals surface area contributed by atoms with Crippen LogP contribution in [0, 0.1) is 0 Å². The van der Waals surface area contributed by atoms with Crippen molar-refractivity contribution in [2.24, 2.45) is 0 Å². The molecule has 0 spiro atoms. The van der Waals surface area contributed by atoms with Crippen LogP contribution < -0.4 is 0 Å². The molecule has 0 aliphatic heterocycles. The zero-order valence-electron chi connectivity index (χ0n) is 40.9. The Labute approximate surface area is 379 Å². The molecule has 0 amide bonds. The molecule has 0 fully saturated rings. The molecule has 0 heterocycles. The molecule has 0 saturated heterocycles. The lowest BCUT2D eigenvalue weighted by Crippen LogP contribution is -2.30. The Kier molecular flexibility index (Phi) is 48.8. The summed E-state index contributed by atoms with van der Waals surface area (Å²) in [6.07, 6.45) is 57.3. The molecule has 0 saturated carbocycles. The van der Waals surface area contributed by atoms with E-state index in [1.165, 1.54) is 180 Å². The van der Waals surface area contributed by atoms with Crippen molar-refractivity contribution in [1.29, 1.82) is 0 Å². The second-order valence-corrected chi connectivity index (χ2v) is 18.1. The van der Waals surface area contributed by atoms with E-state index in [2.05, 4.69) is 45.1 Å². The fourth-order valence-corrected chi connectivity index (χ4v) is 7.84. The lowest BCUT2D eigenvalue weighted by Gasteiger charge is -2.18. The van der Waals surface area contributed by atoms with E-state index in [0.29, 0.717) is 19.3 Å². The molecule has 0 N–H and O–H groups in total. The van der Waals surface area contributed by atoms with Gasteiger partial charge < -0.3 is 14.2 Å². The van der Waals surface area contributed by atoms with Gasteiger partial charge in [0.2, 0.25) is 0 Å². The van der Waals surface area contributed by atoms with E-state index in [-0.39, 0.29) is 31.1 Å². The summed E-state index contributed by atoms with van der Waals surface area (Å²) in [5.74, 6) is -0.878. The van der Waals surface area contributed by atoms with Crippen molar-refractivity contribution in [3.63, 3.8) is 0 Å². The largest absolute Gasteiger partial charge is 0.462 e. The highest BCUT2D eigenvalue weighted by molar-refractivity contribution is 5.71. The van der Waals surface area contributed by atoms with Crippen molar-refractivity contribution < 1.29 is 28.6 Å². The van der Waals surface area contributed by atoms with Crippen LogP contribution in [0.4, 0.5) is 0 Å². The average Bonchev–Trinajstić information content (AvgIpc) is 3.26. The first-order chi connectivity index (χ1) is 30.0. The maximum absolute atomic E-state index is 12.8. The van der Waals surface area contributed by atoms with Crippen molar-refractivity contribution in [3.05, 3.63) is 24.3 Å². The molecule has 6 nitrogen and oxygen atoms in total. The normalized spacial score (nSPS) is 12.1. The number of hydrogen-bond donors (Lipinski definition) is 0. The van der Waals surface area contributed by atoms with Crippen LogP contribution in [0.2, 0.25) is 0 Å². The van der Waals surface area contributed by atoms with Gasteiger partial charge in [-0.15, -0.1) is 0 Å². The molecule has 1 atom stereocenters. The lowest BCUT2D eigenvalue weighted by molar-refractivity contribution is -0.167. The second kappa shape index (κ2) is 50.5. The standard InChI is InChI=1S/C55H102O6/c1-4-7-10-13-16-19-22-24-26-28-30-33-36-39-42-45-48-54(57)60-51-52(50-59-53(56)47-44-41-38-35-32-21-18-15-12-9-6-3)61-55(58)49-46-43-40-37-34-31-29-27-25-23-20-17-14-11-8-5-2/h26-29,52H,4-25,30-51H2,1-3H3/b28-26-,29-27-. The minimum Gasteiger partial charge on any atom is -0.462 e. The van der Waals surface area contributed by atoms with Crippen molar-refractivity contribution >= 4 is 17.9 Å². The number of esters is 3. The van der Waals surface area contributed by atoms with Crippen LogP contribution in [0.15, 0.2) is 24.3 Å². The first-order valence-corrected chi connectivity index (χ1v) is 26.8. The van der Waals surface area contributed by atoms with Crippen LogP contribution in [0.25, 0.3) is 0 Å². The fraction of sp³-hybridized carbons (Fsp3) is 0.873. The summed E-state index contributed by atoms with van der Waals surface area (Å²) in [7, 11) is 0. The van der Waals surface area contributed by atoms with Crippen LogP contribution in [-0.4, -0.2) is 37.2 Å². The van der Waals surface area contributed by atoms with Gasteiger partial charge in [0, 0.05) is 19.3 Å². The van der Waals surface area contributed by atoms with Crippen LogP contribution in [0.3, 0.4) is 0 Å². The monoisotopic (exact) mass is 859 g/mol. The molecule has 0 radical (unpaired) electrons. The number of hydrogen-bond acceptors (Lipinski definition) is 6. The Balaban J connectivity index is 4.35. The average molecular weight is 859 g/mol. The smallest absolute Gasteiger partial charge is 0.306 e. The summed E-state index contributed by atoms with van der Waals surface area (Å²) in [5, 5.41) is 0. The topological polar surface area (TPSA) is 78.9 Å². The third-order valence-electron chi connectivity index (χ3n) is 11.9. The molecule has 0 bridgehead atoms. The summed E-state index contributed by atoms with van der Waals surface area (Å²) >= 11 is 0. The molecule has 0 aromatic heterocycles. The first kappa shape index (κ1) is 58.9. The Morgan fingerprint density at radius 3 is 0.820 bits per heavy atom. The van der Waals surface area contributed by atoms with Gasteiger partial charge in [-0.05, 0) is 70.6 Å². The molecule has 0 rings (SSSR count). The molecule has 0 aromatic carbocycles. The molecule has 358 valence electrons. The number of unbranched alkanes of at least 4 members (excludes halogenated alkanes) is 34. The van der Waals surface area contributed by atoms with Crippen molar-refractivity contribution in [1.82, 2.24) is 0 Å². The molecule has 1 unspecified atom stereocenters. The van der Waals surface area contributed by atoms with Gasteiger partial charge in [0.25, 0.3) is 0 Å². The number of carbonyl (C=O) groups is 3. The van der Waals surface area contributed by atoms with Crippen LogP contribution in [0.5, 0.6) is 0 Å². The van der Waals surface area contributed by atoms with E-state index < -0.39 is 6.10 Å². The number of ether oxygens (including phenoxy) is 3. The third kappa shape index (κ3) is 48.8. The van der Waals surface area contributed by atoms with Gasteiger partial charge in [0.05, 0.1) is 0 Å².